The molecule has 8 nitrogen and oxygen atoms in total. The second kappa shape index (κ2) is 5.67. The Morgan fingerprint density at radius 1 is 1.31 bits per heavy atom. The molecule has 0 radical (unpaired) electrons. The highest BCUT2D eigenvalue weighted by molar-refractivity contribution is 7.89. The minimum Gasteiger partial charge on any atom is -0.262 e. The first-order valence-corrected chi connectivity index (χ1v) is 10.7. The molecule has 0 aromatic carbocycles. The van der Waals surface area contributed by atoms with Crippen LogP contribution in [0.15, 0.2) is 18.6 Å². The Morgan fingerprint density at radius 3 is 2.76 bits per heavy atom. The molecule has 29 heavy (non-hydrogen) atoms. The predicted molar refractivity (Wildman–Crippen MR) is 98.1 cm³/mol. The van der Waals surface area contributed by atoms with E-state index < -0.39 is 27.2 Å². The van der Waals surface area contributed by atoms with Crippen LogP contribution < -0.4 is 0 Å². The van der Waals surface area contributed by atoms with E-state index in [1.165, 1.54) is 34.5 Å². The van der Waals surface area contributed by atoms with Crippen LogP contribution in [0.5, 0.6) is 0 Å². The number of alkyl halides is 2. The summed E-state index contributed by atoms with van der Waals surface area (Å²) < 4.78 is 57.3. The molecular formula is C18H16F2N6O2S. The monoisotopic (exact) mass is 418 g/mol. The molecule has 2 aromatic heterocycles. The molecular weight excluding hydrogens is 402 g/mol. The number of aromatic nitrogens is 4. The number of sulfonamides is 1. The Hall–Kier alpha value is -2.71. The molecule has 1 saturated heterocycles. The van der Waals surface area contributed by atoms with Gasteiger partial charge in [0, 0.05) is 42.4 Å². The fraction of sp³-hybridized carbons (Fsp3) is 0.444. The van der Waals surface area contributed by atoms with Gasteiger partial charge in [-0.2, -0.15) is 23.4 Å². The molecule has 0 saturated carbocycles. The van der Waals surface area contributed by atoms with Gasteiger partial charge in [-0.25, -0.2) is 18.4 Å². The maximum absolute atomic E-state index is 15.2. The molecule has 1 aliphatic heterocycles. The van der Waals surface area contributed by atoms with Crippen LogP contribution >= 0.6 is 0 Å². The summed E-state index contributed by atoms with van der Waals surface area (Å²) in [6, 6.07) is 2.04. The van der Waals surface area contributed by atoms with Gasteiger partial charge in [0.1, 0.15) is 17.6 Å². The third kappa shape index (κ3) is 2.30. The lowest BCUT2D eigenvalue weighted by Crippen LogP contribution is -2.64. The molecule has 3 heterocycles. The van der Waals surface area contributed by atoms with E-state index in [9.17, 15) is 13.7 Å². The second-order valence-corrected chi connectivity index (χ2v) is 9.76. The predicted octanol–water partition coefficient (Wildman–Crippen LogP) is 1.66. The van der Waals surface area contributed by atoms with Gasteiger partial charge in [-0.3, -0.25) is 4.68 Å². The van der Waals surface area contributed by atoms with Crippen LogP contribution in [-0.4, -0.2) is 51.3 Å². The fourth-order valence-electron chi connectivity index (χ4n) is 4.27. The van der Waals surface area contributed by atoms with Gasteiger partial charge < -0.3 is 0 Å². The maximum Gasteiger partial charge on any atom is 0.317 e. The molecule has 5 rings (SSSR count). The zero-order valence-electron chi connectivity index (χ0n) is 15.4. The summed E-state index contributed by atoms with van der Waals surface area (Å²) in [6.07, 6.45) is 4.55. The van der Waals surface area contributed by atoms with Crippen LogP contribution in [0, 0.1) is 11.3 Å². The minimum atomic E-state index is -3.43. The Bertz CT molecular complexity index is 1220. The van der Waals surface area contributed by atoms with E-state index >= 15 is 8.78 Å². The van der Waals surface area contributed by atoms with Gasteiger partial charge in [-0.1, -0.05) is 6.08 Å². The molecule has 0 amide bonds. The van der Waals surface area contributed by atoms with Gasteiger partial charge in [-0.05, 0) is 6.92 Å². The van der Waals surface area contributed by atoms with E-state index in [1.54, 1.807) is 0 Å². The number of hydrogen-bond acceptors (Lipinski definition) is 6. The molecule has 0 N–H and O–H groups in total. The maximum atomic E-state index is 15.2. The van der Waals surface area contributed by atoms with Crippen molar-refractivity contribution < 1.29 is 17.2 Å². The number of halogens is 2. The van der Waals surface area contributed by atoms with Crippen LogP contribution in [-0.2, 0) is 27.9 Å². The van der Waals surface area contributed by atoms with E-state index in [1.807, 2.05) is 6.07 Å². The average Bonchev–Trinajstić information content (AvgIpc) is 3.29. The van der Waals surface area contributed by atoms with Crippen LogP contribution in [0.1, 0.15) is 30.3 Å². The van der Waals surface area contributed by atoms with Crippen molar-refractivity contribution in [2.45, 2.75) is 31.2 Å². The van der Waals surface area contributed by atoms with Crippen LogP contribution in [0.25, 0.3) is 16.8 Å². The molecule has 2 aromatic rings. The van der Waals surface area contributed by atoms with E-state index in [0.717, 1.165) is 0 Å². The highest BCUT2D eigenvalue weighted by Gasteiger charge is 2.54. The van der Waals surface area contributed by atoms with Crippen molar-refractivity contribution in [1.82, 2.24) is 24.1 Å². The summed E-state index contributed by atoms with van der Waals surface area (Å²) in [6.45, 7) is 1.58. The number of nitrogens with zero attached hydrogens (tertiary/aromatic N) is 6. The summed E-state index contributed by atoms with van der Waals surface area (Å²) in [7, 11) is -3.43. The second-order valence-electron chi connectivity index (χ2n) is 7.50. The first-order valence-electron chi connectivity index (χ1n) is 9.12. The summed E-state index contributed by atoms with van der Waals surface area (Å²) in [5, 5.41) is 13.5. The summed E-state index contributed by atoms with van der Waals surface area (Å²) in [5.74, 6) is -3.37. The van der Waals surface area contributed by atoms with Gasteiger partial charge in [-0.15, -0.1) is 0 Å². The van der Waals surface area contributed by atoms with Crippen molar-refractivity contribution in [3.8, 4) is 17.3 Å². The Morgan fingerprint density at radius 2 is 2.07 bits per heavy atom. The number of hydrogen-bond donors (Lipinski definition) is 0. The lowest BCUT2D eigenvalue weighted by Gasteiger charge is -2.47. The number of nitriles is 1. The molecule has 150 valence electrons. The van der Waals surface area contributed by atoms with Gasteiger partial charge in [0.2, 0.25) is 10.0 Å². The quantitative estimate of drug-likeness (QED) is 0.748. The Labute approximate surface area is 165 Å². The lowest BCUT2D eigenvalue weighted by atomic mass is 9.88. The number of allylic oxidation sites excluding steroid dienone is 2. The van der Waals surface area contributed by atoms with E-state index in [0.29, 0.717) is 23.4 Å². The zero-order valence-corrected chi connectivity index (χ0v) is 16.2. The number of rotatable bonds is 4. The van der Waals surface area contributed by atoms with Crippen molar-refractivity contribution >= 4 is 15.6 Å². The Kier molecular flexibility index (Phi) is 3.58. The smallest absolute Gasteiger partial charge is 0.262 e. The molecule has 3 aliphatic rings. The zero-order chi connectivity index (χ0) is 20.6. The highest BCUT2D eigenvalue weighted by Crippen LogP contribution is 2.54. The van der Waals surface area contributed by atoms with Gasteiger partial charge in [0.15, 0.2) is 0 Å². The SMILES string of the molecule is CCS(=O)(=O)N1CC(CC#N)(n2cc3c(n2)C(F)(F)C2=CCc4ncnc-3c42)C1. The van der Waals surface area contributed by atoms with Crippen molar-refractivity contribution in [3.05, 3.63) is 35.6 Å². The van der Waals surface area contributed by atoms with E-state index in [4.69, 9.17) is 0 Å². The topological polar surface area (TPSA) is 105 Å². The van der Waals surface area contributed by atoms with Gasteiger partial charge in [0.05, 0.1) is 29.6 Å². The summed E-state index contributed by atoms with van der Waals surface area (Å²) in [5.41, 5.74) is -0.0384. The lowest BCUT2D eigenvalue weighted by molar-refractivity contribution is 0.0477. The van der Waals surface area contributed by atoms with Crippen molar-refractivity contribution in [2.75, 3.05) is 18.8 Å². The fourth-order valence-corrected chi connectivity index (χ4v) is 5.51. The first kappa shape index (κ1) is 18.3. The van der Waals surface area contributed by atoms with Crippen LogP contribution in [0.2, 0.25) is 0 Å². The summed E-state index contributed by atoms with van der Waals surface area (Å²) in [4.78, 5) is 8.33. The molecule has 2 aliphatic carbocycles. The van der Waals surface area contributed by atoms with Crippen molar-refractivity contribution in [1.29, 1.82) is 5.26 Å². The third-order valence-corrected chi connectivity index (χ3v) is 7.67. The molecule has 0 unspecified atom stereocenters. The van der Waals surface area contributed by atoms with Crippen LogP contribution in [0.4, 0.5) is 8.78 Å². The van der Waals surface area contributed by atoms with E-state index in [-0.39, 0.29) is 36.4 Å². The Balaban J connectivity index is 1.63. The normalized spacial score (nSPS) is 21.0. The average molecular weight is 418 g/mol. The van der Waals surface area contributed by atoms with Gasteiger partial charge >= 0.3 is 5.92 Å². The minimum absolute atomic E-state index is 0.0213. The number of fused-ring (bicyclic) bond motifs is 2. The van der Waals surface area contributed by atoms with Crippen molar-refractivity contribution in [3.63, 3.8) is 0 Å². The summed E-state index contributed by atoms with van der Waals surface area (Å²) >= 11 is 0. The molecule has 0 bridgehead atoms. The van der Waals surface area contributed by atoms with E-state index in [2.05, 4.69) is 15.1 Å². The molecule has 0 spiro atoms. The largest absolute Gasteiger partial charge is 0.317 e. The highest BCUT2D eigenvalue weighted by atomic mass is 32.2. The first-order chi connectivity index (χ1) is 13.7. The standard InChI is InChI=1S/C18H16F2N6O2S/c1-2-29(27,28)25-8-17(9-25,5-6-21)26-7-11-15-14-12(18(19,20)16(11)24-26)3-4-13(14)22-10-23-15/h3,7,10H,2,4-5,8-9H2,1H3. The molecule has 1 fully saturated rings. The third-order valence-electron chi connectivity index (χ3n) is 5.89. The van der Waals surface area contributed by atoms with Gasteiger partial charge in [0.25, 0.3) is 0 Å². The van der Waals surface area contributed by atoms with Crippen LogP contribution in [0.3, 0.4) is 0 Å². The molecule has 0 atom stereocenters. The molecule has 11 heteroatoms. The van der Waals surface area contributed by atoms with Crippen molar-refractivity contribution in [2.24, 2.45) is 0 Å².